The molecule has 1 amide bonds. The van der Waals surface area contributed by atoms with Gasteiger partial charge in [0.05, 0.1) is 22.2 Å². The van der Waals surface area contributed by atoms with Crippen LogP contribution in [-0.2, 0) is 0 Å². The lowest BCUT2D eigenvalue weighted by atomic mass is 9.97. The van der Waals surface area contributed by atoms with Crippen LogP contribution in [0.25, 0.3) is 5.57 Å². The number of likely N-dealkylation sites (tertiary alicyclic amines) is 1. The summed E-state index contributed by atoms with van der Waals surface area (Å²) in [5.41, 5.74) is 3.53. The quantitative estimate of drug-likeness (QED) is 0.540. The van der Waals surface area contributed by atoms with Crippen molar-refractivity contribution in [3.8, 4) is 0 Å². The molecule has 0 spiro atoms. The van der Waals surface area contributed by atoms with Crippen LogP contribution in [0.5, 0.6) is 0 Å². The van der Waals surface area contributed by atoms with Gasteiger partial charge in [0.2, 0.25) is 0 Å². The highest BCUT2D eigenvalue weighted by Crippen LogP contribution is 2.41. The van der Waals surface area contributed by atoms with Crippen LogP contribution in [0.4, 0.5) is 11.5 Å². The third-order valence-electron chi connectivity index (χ3n) is 6.03. The molecule has 3 heterocycles. The van der Waals surface area contributed by atoms with E-state index in [0.29, 0.717) is 29.8 Å². The van der Waals surface area contributed by atoms with Gasteiger partial charge in [0.25, 0.3) is 5.91 Å². The molecular formula is C24H30N6O2. The standard InChI is InChI=1S/C24H30N6O2/c1-24(2,3)15-26-21-8-7-20(27-22(21)29(4)28-32)17-10-18-13-30(14-19(18)11-17)23(31)16-6-5-9-25-12-16/h5-10,12,18-19,26H,11,13-15H2,1-4H3. The topological polar surface area (TPSA) is 90.8 Å². The Morgan fingerprint density at radius 2 is 2.09 bits per heavy atom. The highest BCUT2D eigenvalue weighted by molar-refractivity contribution is 5.94. The summed E-state index contributed by atoms with van der Waals surface area (Å²) in [5, 5.41) is 7.71. The minimum atomic E-state index is 0.0378. The molecule has 0 saturated carbocycles. The maximum absolute atomic E-state index is 12.8. The van der Waals surface area contributed by atoms with Crippen molar-refractivity contribution in [1.82, 2.24) is 14.9 Å². The number of carbonyl (C=O) groups excluding carboxylic acids is 1. The van der Waals surface area contributed by atoms with Crippen molar-refractivity contribution in [2.24, 2.45) is 22.5 Å². The predicted octanol–water partition coefficient (Wildman–Crippen LogP) is 4.23. The number of rotatable bonds is 6. The van der Waals surface area contributed by atoms with Gasteiger partial charge >= 0.3 is 0 Å². The Balaban J connectivity index is 1.50. The van der Waals surface area contributed by atoms with E-state index in [-0.39, 0.29) is 11.3 Å². The van der Waals surface area contributed by atoms with Crippen molar-refractivity contribution in [2.45, 2.75) is 27.2 Å². The van der Waals surface area contributed by atoms with Gasteiger partial charge in [-0.2, -0.15) is 0 Å². The van der Waals surface area contributed by atoms with E-state index in [1.54, 1.807) is 25.5 Å². The summed E-state index contributed by atoms with van der Waals surface area (Å²) in [6.45, 7) is 8.62. The molecule has 0 aromatic carbocycles. The van der Waals surface area contributed by atoms with E-state index in [1.807, 2.05) is 23.1 Å². The van der Waals surface area contributed by atoms with Crippen molar-refractivity contribution in [3.63, 3.8) is 0 Å². The van der Waals surface area contributed by atoms with Gasteiger partial charge in [-0.25, -0.2) is 9.99 Å². The molecule has 2 aromatic rings. The Hall–Kier alpha value is -3.29. The third kappa shape index (κ3) is 4.64. The van der Waals surface area contributed by atoms with E-state index in [0.717, 1.165) is 36.5 Å². The number of aromatic nitrogens is 2. The SMILES string of the molecule is CN(N=O)c1nc(C2=CC3CN(C(=O)c4cccnc4)CC3C2)ccc1NCC(C)(C)C. The number of anilines is 2. The highest BCUT2D eigenvalue weighted by Gasteiger charge is 2.39. The molecule has 8 nitrogen and oxygen atoms in total. The van der Waals surface area contributed by atoms with Gasteiger partial charge in [-0.15, -0.1) is 4.91 Å². The molecule has 8 heteroatoms. The average Bonchev–Trinajstić information content (AvgIpc) is 3.36. The molecule has 1 aliphatic heterocycles. The van der Waals surface area contributed by atoms with E-state index in [2.05, 4.69) is 42.4 Å². The summed E-state index contributed by atoms with van der Waals surface area (Å²) in [7, 11) is 1.61. The summed E-state index contributed by atoms with van der Waals surface area (Å²) in [6, 6.07) is 7.57. The van der Waals surface area contributed by atoms with Gasteiger partial charge in [0.1, 0.15) is 0 Å². The lowest BCUT2D eigenvalue weighted by Gasteiger charge is -2.22. The van der Waals surface area contributed by atoms with Crippen LogP contribution in [0.1, 0.15) is 43.2 Å². The summed E-state index contributed by atoms with van der Waals surface area (Å²) < 4.78 is 0. The zero-order chi connectivity index (χ0) is 22.9. The minimum Gasteiger partial charge on any atom is -0.381 e. The molecule has 32 heavy (non-hydrogen) atoms. The first-order valence-electron chi connectivity index (χ1n) is 11.0. The van der Waals surface area contributed by atoms with Gasteiger partial charge in [0.15, 0.2) is 5.82 Å². The molecule has 1 saturated heterocycles. The van der Waals surface area contributed by atoms with Gasteiger partial charge in [0, 0.05) is 39.1 Å². The first-order valence-corrected chi connectivity index (χ1v) is 11.0. The van der Waals surface area contributed by atoms with Gasteiger partial charge in [-0.3, -0.25) is 9.78 Å². The molecule has 2 unspecified atom stereocenters. The van der Waals surface area contributed by atoms with Gasteiger partial charge in [-0.1, -0.05) is 26.8 Å². The average molecular weight is 435 g/mol. The van der Waals surface area contributed by atoms with Crippen LogP contribution in [0.15, 0.2) is 48.0 Å². The van der Waals surface area contributed by atoms with Crippen molar-refractivity contribution in [1.29, 1.82) is 0 Å². The molecule has 2 aromatic heterocycles. The monoisotopic (exact) mass is 434 g/mol. The third-order valence-corrected chi connectivity index (χ3v) is 6.03. The molecular weight excluding hydrogens is 404 g/mol. The van der Waals surface area contributed by atoms with Crippen molar-refractivity contribution in [2.75, 3.05) is 37.0 Å². The molecule has 1 N–H and O–H groups in total. The number of hydrogen-bond donors (Lipinski definition) is 1. The normalized spacial score (nSPS) is 20.0. The fourth-order valence-corrected chi connectivity index (χ4v) is 4.35. The van der Waals surface area contributed by atoms with Crippen LogP contribution >= 0.6 is 0 Å². The number of amides is 1. The van der Waals surface area contributed by atoms with Gasteiger partial charge in [-0.05, 0) is 53.5 Å². The minimum absolute atomic E-state index is 0.0378. The number of fused-ring (bicyclic) bond motifs is 1. The molecule has 0 bridgehead atoms. The Morgan fingerprint density at radius 3 is 2.75 bits per heavy atom. The molecule has 0 radical (unpaired) electrons. The summed E-state index contributed by atoms with van der Waals surface area (Å²) in [5.74, 6) is 1.26. The highest BCUT2D eigenvalue weighted by atomic mass is 16.3. The lowest BCUT2D eigenvalue weighted by Crippen LogP contribution is -2.29. The lowest BCUT2D eigenvalue weighted by molar-refractivity contribution is 0.0784. The Kier molecular flexibility index (Phi) is 5.95. The number of nitrogens with zero attached hydrogens (tertiary/aromatic N) is 5. The summed E-state index contributed by atoms with van der Waals surface area (Å²) >= 11 is 0. The van der Waals surface area contributed by atoms with Crippen LogP contribution in [0.2, 0.25) is 0 Å². The molecule has 2 atom stereocenters. The molecule has 4 rings (SSSR count). The fourth-order valence-electron chi connectivity index (χ4n) is 4.35. The summed E-state index contributed by atoms with van der Waals surface area (Å²) in [6.07, 6.45) is 6.40. The van der Waals surface area contributed by atoms with Crippen molar-refractivity contribution >= 4 is 23.0 Å². The summed E-state index contributed by atoms with van der Waals surface area (Å²) in [4.78, 5) is 34.7. The van der Waals surface area contributed by atoms with E-state index in [1.165, 1.54) is 5.01 Å². The van der Waals surface area contributed by atoms with E-state index >= 15 is 0 Å². The first-order chi connectivity index (χ1) is 15.2. The number of allylic oxidation sites excluding steroid dienone is 1. The zero-order valence-electron chi connectivity index (χ0n) is 19.1. The second-order valence-corrected chi connectivity index (χ2v) is 9.86. The molecule has 2 aliphatic rings. The van der Waals surface area contributed by atoms with E-state index in [4.69, 9.17) is 4.98 Å². The Bertz CT molecular complexity index is 1030. The zero-order valence-corrected chi connectivity index (χ0v) is 19.1. The Morgan fingerprint density at radius 1 is 1.28 bits per heavy atom. The number of pyridine rings is 2. The van der Waals surface area contributed by atoms with E-state index in [9.17, 15) is 9.70 Å². The number of nitroso groups, excluding NO2 is 1. The van der Waals surface area contributed by atoms with Crippen LogP contribution in [0, 0.1) is 22.2 Å². The number of hydrogen-bond acceptors (Lipinski definition) is 6. The first kappa shape index (κ1) is 21.9. The Labute approximate surface area is 188 Å². The van der Waals surface area contributed by atoms with Crippen LogP contribution in [0.3, 0.4) is 0 Å². The van der Waals surface area contributed by atoms with E-state index < -0.39 is 0 Å². The maximum atomic E-state index is 12.8. The number of nitrogens with one attached hydrogen (secondary N) is 1. The molecule has 168 valence electrons. The van der Waals surface area contributed by atoms with Crippen LogP contribution < -0.4 is 10.3 Å². The number of carbonyl (C=O) groups is 1. The van der Waals surface area contributed by atoms with Crippen molar-refractivity contribution < 1.29 is 4.79 Å². The second-order valence-electron chi connectivity index (χ2n) is 9.86. The van der Waals surface area contributed by atoms with Gasteiger partial charge < -0.3 is 10.2 Å². The molecule has 1 aliphatic carbocycles. The largest absolute Gasteiger partial charge is 0.381 e. The smallest absolute Gasteiger partial charge is 0.255 e. The second kappa shape index (κ2) is 8.68. The fraction of sp³-hybridized carbons (Fsp3) is 0.458. The predicted molar refractivity (Wildman–Crippen MR) is 126 cm³/mol. The van der Waals surface area contributed by atoms with Crippen molar-refractivity contribution in [3.05, 3.63) is 58.9 Å². The maximum Gasteiger partial charge on any atom is 0.255 e. The molecule has 1 fully saturated rings. The van der Waals surface area contributed by atoms with Crippen LogP contribution in [-0.4, -0.2) is 47.5 Å².